The van der Waals surface area contributed by atoms with Crippen LogP contribution in [0.15, 0.2) is 30.3 Å². The number of rotatable bonds is 11. The van der Waals surface area contributed by atoms with Gasteiger partial charge in [-0.1, -0.05) is 42.1 Å². The predicted octanol–water partition coefficient (Wildman–Crippen LogP) is 2.18. The molecular formula is C18H28N2O4S. The normalized spacial score (nSPS) is 11.8. The summed E-state index contributed by atoms with van der Waals surface area (Å²) < 4.78 is 10.1. The van der Waals surface area contributed by atoms with Gasteiger partial charge in [-0.3, -0.25) is 4.79 Å². The highest BCUT2D eigenvalue weighted by Gasteiger charge is 2.19. The summed E-state index contributed by atoms with van der Waals surface area (Å²) >= 11 is 1.23. The Balaban J connectivity index is 2.70. The van der Waals surface area contributed by atoms with Gasteiger partial charge in [-0.2, -0.15) is 0 Å². The molecule has 0 aliphatic heterocycles. The third kappa shape index (κ3) is 9.48. The smallest absolute Gasteiger partial charge is 0.317 e. The van der Waals surface area contributed by atoms with Crippen LogP contribution in [0.25, 0.3) is 0 Å². The lowest BCUT2D eigenvalue weighted by atomic mass is 10.1. The van der Waals surface area contributed by atoms with Gasteiger partial charge in [-0.05, 0) is 12.0 Å². The van der Waals surface area contributed by atoms with Gasteiger partial charge in [-0.15, -0.1) is 0 Å². The van der Waals surface area contributed by atoms with Crippen molar-refractivity contribution < 1.29 is 19.1 Å². The van der Waals surface area contributed by atoms with Gasteiger partial charge in [0.05, 0.1) is 13.2 Å². The number of ether oxygens (including phenoxy) is 2. The number of hydrogen-bond acceptors (Lipinski definition) is 5. The number of hydrogen-bond donors (Lipinski definition) is 1. The fourth-order valence-electron chi connectivity index (χ4n) is 2.25. The summed E-state index contributed by atoms with van der Waals surface area (Å²) in [6.07, 6.45) is 0.676. The second-order valence-corrected chi connectivity index (χ2v) is 6.81. The molecule has 0 heterocycles. The fourth-order valence-corrected chi connectivity index (χ4v) is 2.89. The van der Waals surface area contributed by atoms with Crippen molar-refractivity contribution in [2.24, 2.45) is 0 Å². The molecule has 7 heteroatoms. The van der Waals surface area contributed by atoms with Gasteiger partial charge in [0.25, 0.3) is 0 Å². The van der Waals surface area contributed by atoms with Crippen LogP contribution >= 0.6 is 11.8 Å². The maximum Gasteiger partial charge on any atom is 0.317 e. The molecule has 2 amide bonds. The monoisotopic (exact) mass is 368 g/mol. The van der Waals surface area contributed by atoms with Crippen molar-refractivity contribution in [2.75, 3.05) is 46.3 Å². The molecule has 0 saturated heterocycles. The molecule has 6 nitrogen and oxygen atoms in total. The molecule has 1 rings (SSSR count). The van der Waals surface area contributed by atoms with Gasteiger partial charge < -0.3 is 19.7 Å². The van der Waals surface area contributed by atoms with Crippen LogP contribution in [0.2, 0.25) is 0 Å². The van der Waals surface area contributed by atoms with Gasteiger partial charge in [0.15, 0.2) is 5.12 Å². The first-order valence-corrected chi connectivity index (χ1v) is 9.26. The molecule has 1 N–H and O–H groups in total. The second kappa shape index (κ2) is 12.7. The summed E-state index contributed by atoms with van der Waals surface area (Å²) in [6.45, 7) is 3.44. The van der Waals surface area contributed by atoms with E-state index in [1.54, 1.807) is 19.1 Å². The maximum absolute atomic E-state index is 12.6. The molecule has 0 saturated carbocycles. The molecule has 0 aliphatic rings. The molecule has 140 valence electrons. The molecule has 0 spiro atoms. The first-order valence-electron chi connectivity index (χ1n) is 8.27. The third-order valence-electron chi connectivity index (χ3n) is 3.56. The van der Waals surface area contributed by atoms with Crippen LogP contribution in [0.3, 0.4) is 0 Å². The summed E-state index contributed by atoms with van der Waals surface area (Å²) in [5.74, 6) is 0.540. The minimum Gasteiger partial charge on any atom is -0.383 e. The average Bonchev–Trinajstić information content (AvgIpc) is 2.60. The zero-order valence-corrected chi connectivity index (χ0v) is 16.0. The number of nitrogens with zero attached hydrogens (tertiary/aromatic N) is 1. The summed E-state index contributed by atoms with van der Waals surface area (Å²) in [4.78, 5) is 25.6. The zero-order chi connectivity index (χ0) is 18.5. The predicted molar refractivity (Wildman–Crippen MR) is 101 cm³/mol. The summed E-state index contributed by atoms with van der Waals surface area (Å²) in [6, 6.07) is 9.64. The molecule has 0 radical (unpaired) electrons. The maximum atomic E-state index is 12.6. The zero-order valence-electron chi connectivity index (χ0n) is 15.2. The minimum atomic E-state index is -0.167. The number of benzene rings is 1. The topological polar surface area (TPSA) is 67.9 Å². The van der Waals surface area contributed by atoms with E-state index in [2.05, 4.69) is 5.32 Å². The summed E-state index contributed by atoms with van der Waals surface area (Å²) in [7, 11) is 3.21. The van der Waals surface area contributed by atoms with Gasteiger partial charge in [0, 0.05) is 46.0 Å². The molecule has 1 atom stereocenters. The van der Waals surface area contributed by atoms with Gasteiger partial charge >= 0.3 is 6.03 Å². The molecule has 1 aromatic rings. The van der Waals surface area contributed by atoms with E-state index in [9.17, 15) is 9.59 Å². The molecule has 0 aliphatic carbocycles. The first-order chi connectivity index (χ1) is 12.1. The van der Waals surface area contributed by atoms with E-state index in [0.29, 0.717) is 38.5 Å². The Kier molecular flexibility index (Phi) is 10.9. The lowest BCUT2D eigenvalue weighted by Gasteiger charge is -2.26. The number of nitrogens with one attached hydrogen (secondary N) is 1. The standard InChI is InChI=1S/C18H28N2O4S/c1-15(21)25-14-17(13-16-7-5-4-6-8-16)19-18(22)20(9-11-23-2)10-12-24-3/h4-8,17H,9-14H2,1-3H3,(H,19,22). The Morgan fingerprint density at radius 2 is 1.72 bits per heavy atom. The van der Waals surface area contributed by atoms with Crippen molar-refractivity contribution in [3.8, 4) is 0 Å². The summed E-state index contributed by atoms with van der Waals surface area (Å²) in [5, 5.41) is 3.09. The van der Waals surface area contributed by atoms with Crippen molar-refractivity contribution in [3.05, 3.63) is 35.9 Å². The molecule has 0 bridgehead atoms. The quantitative estimate of drug-likeness (QED) is 0.648. The fraction of sp³-hybridized carbons (Fsp3) is 0.556. The van der Waals surface area contributed by atoms with Crippen molar-refractivity contribution in [2.45, 2.75) is 19.4 Å². The number of methoxy groups -OCH3 is 2. The molecule has 0 fully saturated rings. The molecular weight excluding hydrogens is 340 g/mol. The lowest BCUT2D eigenvalue weighted by molar-refractivity contribution is -0.109. The van der Waals surface area contributed by atoms with Crippen LogP contribution in [0, 0.1) is 0 Å². The number of carbonyl (C=O) groups is 2. The number of thioether (sulfide) groups is 1. The number of amides is 2. The van der Waals surface area contributed by atoms with Gasteiger partial charge in [0.1, 0.15) is 0 Å². The SMILES string of the molecule is COCCN(CCOC)C(=O)NC(CSC(C)=O)Cc1ccccc1. The molecule has 25 heavy (non-hydrogen) atoms. The Hall–Kier alpha value is -1.57. The van der Waals surface area contributed by atoms with E-state index in [4.69, 9.17) is 9.47 Å². The van der Waals surface area contributed by atoms with E-state index in [1.165, 1.54) is 18.7 Å². The van der Waals surface area contributed by atoms with E-state index in [-0.39, 0.29) is 17.2 Å². The van der Waals surface area contributed by atoms with Gasteiger partial charge in [-0.25, -0.2) is 4.79 Å². The van der Waals surface area contributed by atoms with Crippen LogP contribution in [-0.2, 0) is 20.7 Å². The van der Waals surface area contributed by atoms with Crippen molar-refractivity contribution in [3.63, 3.8) is 0 Å². The Morgan fingerprint density at radius 1 is 1.12 bits per heavy atom. The van der Waals surface area contributed by atoms with Crippen LogP contribution in [0.5, 0.6) is 0 Å². The van der Waals surface area contributed by atoms with Gasteiger partial charge in [0.2, 0.25) is 0 Å². The van der Waals surface area contributed by atoms with Crippen LogP contribution < -0.4 is 5.32 Å². The van der Waals surface area contributed by atoms with E-state index < -0.39 is 0 Å². The van der Waals surface area contributed by atoms with Crippen molar-refractivity contribution >= 4 is 22.9 Å². The molecule has 1 aromatic carbocycles. The average molecular weight is 368 g/mol. The number of urea groups is 1. The van der Waals surface area contributed by atoms with E-state index in [0.717, 1.165) is 5.56 Å². The van der Waals surface area contributed by atoms with Crippen LogP contribution in [0.4, 0.5) is 4.79 Å². The molecule has 0 aromatic heterocycles. The second-order valence-electron chi connectivity index (χ2n) is 5.61. The van der Waals surface area contributed by atoms with E-state index in [1.807, 2.05) is 30.3 Å². The van der Waals surface area contributed by atoms with Crippen LogP contribution in [-0.4, -0.2) is 68.4 Å². The third-order valence-corrected chi connectivity index (χ3v) is 4.53. The Morgan fingerprint density at radius 3 is 2.24 bits per heavy atom. The molecule has 1 unspecified atom stereocenters. The Bertz CT molecular complexity index is 505. The van der Waals surface area contributed by atoms with Crippen molar-refractivity contribution in [1.29, 1.82) is 0 Å². The highest BCUT2D eigenvalue weighted by molar-refractivity contribution is 8.13. The lowest BCUT2D eigenvalue weighted by Crippen LogP contribution is -2.48. The highest BCUT2D eigenvalue weighted by atomic mass is 32.2. The number of carbonyl (C=O) groups excluding carboxylic acids is 2. The van der Waals surface area contributed by atoms with E-state index >= 15 is 0 Å². The highest BCUT2D eigenvalue weighted by Crippen LogP contribution is 2.10. The largest absolute Gasteiger partial charge is 0.383 e. The Labute approximate surface area is 154 Å². The minimum absolute atomic E-state index is 0.0444. The summed E-state index contributed by atoms with van der Waals surface area (Å²) in [5.41, 5.74) is 1.12. The van der Waals surface area contributed by atoms with Crippen molar-refractivity contribution in [1.82, 2.24) is 10.2 Å². The first kappa shape index (κ1) is 21.5. The van der Waals surface area contributed by atoms with Crippen LogP contribution in [0.1, 0.15) is 12.5 Å².